The Balaban J connectivity index is 0.000000226. The van der Waals surface area contributed by atoms with Crippen molar-refractivity contribution in [3.63, 3.8) is 0 Å². The second-order valence-electron chi connectivity index (χ2n) is 16.1. The number of hydrogen-bond acceptors (Lipinski definition) is 11. The van der Waals surface area contributed by atoms with Gasteiger partial charge in [0.25, 0.3) is 16.7 Å². The van der Waals surface area contributed by atoms with E-state index in [-0.39, 0.29) is 47.3 Å². The number of carboxylic acids is 1. The van der Waals surface area contributed by atoms with Gasteiger partial charge in [-0.25, -0.2) is 14.0 Å². The van der Waals surface area contributed by atoms with E-state index >= 15 is 0 Å². The topological polar surface area (TPSA) is 166 Å². The molecule has 3 heterocycles. The molecule has 0 aliphatic carbocycles. The second-order valence-corrected chi connectivity index (χ2v) is 22.2. The van der Waals surface area contributed by atoms with Crippen LogP contribution in [0.25, 0.3) is 0 Å². The summed E-state index contributed by atoms with van der Waals surface area (Å²) in [5.74, 6) is -0.665. The lowest BCUT2D eigenvalue weighted by Gasteiger charge is -2.11. The molecule has 0 fully saturated rings. The number of halogens is 7. The van der Waals surface area contributed by atoms with Crippen LogP contribution in [-0.2, 0) is 44.1 Å². The lowest BCUT2D eigenvalue weighted by Crippen LogP contribution is -2.24. The van der Waals surface area contributed by atoms with Gasteiger partial charge in [0.2, 0.25) is 0 Å². The van der Waals surface area contributed by atoms with E-state index in [4.69, 9.17) is 80.0 Å². The van der Waals surface area contributed by atoms with Crippen molar-refractivity contribution < 1.29 is 9.90 Å². The number of carbonyl (C=O) groups is 1. The maximum atomic E-state index is 12.1. The fourth-order valence-electron chi connectivity index (χ4n) is 6.19. The summed E-state index contributed by atoms with van der Waals surface area (Å²) in [4.78, 5) is 49.0. The summed E-state index contributed by atoms with van der Waals surface area (Å²) in [6.45, 7) is 11.8. The normalized spacial score (nSPS) is 11.0. The first-order valence-electron chi connectivity index (χ1n) is 20.7. The molecular formula is C47H46BrCl6N7O5S3. The smallest absolute Gasteiger partial charge is 0.307 e. The summed E-state index contributed by atoms with van der Waals surface area (Å²) in [6.07, 6.45) is 0.0972. The summed E-state index contributed by atoms with van der Waals surface area (Å²) < 4.78 is 3.97. The molecule has 0 saturated carbocycles. The molecule has 69 heavy (non-hydrogen) atoms. The standard InChI is InChI=1S/C16H15Cl2N3OS.C16H16Cl2N2O3S.C15H15BrCl2N2OS/c1-9(2)11-8-14(20-21(3)16(11)22)23-15-12(17)6-10(4-5-19)7-13(15)18;1-8(2)10-7-13(19-20(3)16(10)23)24-15-11(17)4-9(5-12(15)18)6-14(21)22;1-8(2)10-6-13(19-20(3)15(10)21)22-14-11(17)4-9(7-16)5-12(14)18/h6-9H,4H2,1-3H3;4-5,7-8H,6H2,1-3H3,(H,21,22);4-6,8H,7H2,1-3H3. The monoisotopic (exact) mass is 1170 g/mol. The molecular weight excluding hydrogens is 1130 g/mol. The van der Waals surface area contributed by atoms with Crippen molar-refractivity contribution in [2.24, 2.45) is 21.1 Å². The van der Waals surface area contributed by atoms with Crippen molar-refractivity contribution in [2.75, 3.05) is 0 Å². The first-order valence-corrected chi connectivity index (χ1v) is 26.6. The third-order valence-corrected chi connectivity index (χ3v) is 15.9. The van der Waals surface area contributed by atoms with Crippen molar-refractivity contribution >= 4 is 127 Å². The lowest BCUT2D eigenvalue weighted by atomic mass is 10.1. The molecule has 22 heteroatoms. The Bertz CT molecular complexity index is 3040. The number of nitrogens with zero attached hydrogens (tertiary/aromatic N) is 7. The SMILES string of the molecule is CC(C)c1cc(Sc2c(Cl)cc(CBr)cc2Cl)nn(C)c1=O.CC(C)c1cc(Sc2c(Cl)cc(CC#N)cc2Cl)nn(C)c1=O.CC(C)c1cc(Sc2c(Cl)cc(CC(=O)O)cc2Cl)nn(C)c1=O. The summed E-state index contributed by atoms with van der Waals surface area (Å²) in [5.41, 5.74) is 4.06. The summed E-state index contributed by atoms with van der Waals surface area (Å²) >= 11 is 45.0. The Morgan fingerprint density at radius 3 is 1.09 bits per heavy atom. The zero-order valence-corrected chi connectivity index (χ0v) is 47.2. The molecule has 0 atom stereocenters. The van der Waals surface area contributed by atoms with Crippen molar-refractivity contribution in [1.82, 2.24) is 29.3 Å². The van der Waals surface area contributed by atoms with E-state index in [9.17, 15) is 19.2 Å². The van der Waals surface area contributed by atoms with E-state index < -0.39 is 5.97 Å². The first kappa shape index (κ1) is 58.1. The van der Waals surface area contributed by atoms with Crippen LogP contribution in [0.1, 0.15) is 92.7 Å². The molecule has 0 aliphatic heterocycles. The van der Waals surface area contributed by atoms with E-state index in [1.54, 1.807) is 57.5 Å². The van der Waals surface area contributed by atoms with Gasteiger partial charge in [-0.15, -0.1) is 0 Å². The predicted octanol–water partition coefficient (Wildman–Crippen LogP) is 13.7. The Labute approximate surface area is 451 Å². The third kappa shape index (κ3) is 16.0. The van der Waals surface area contributed by atoms with Crippen LogP contribution < -0.4 is 16.7 Å². The molecule has 0 aliphatic rings. The number of nitriles is 1. The van der Waals surface area contributed by atoms with Gasteiger partial charge in [0.1, 0.15) is 15.1 Å². The highest BCUT2D eigenvalue weighted by atomic mass is 79.9. The zero-order chi connectivity index (χ0) is 51.6. The minimum Gasteiger partial charge on any atom is -0.481 e. The van der Waals surface area contributed by atoms with Gasteiger partial charge in [-0.05, 0) is 89.0 Å². The predicted molar refractivity (Wildman–Crippen MR) is 286 cm³/mol. The average molecular weight is 1180 g/mol. The molecule has 3 aromatic heterocycles. The van der Waals surface area contributed by atoms with Gasteiger partial charge in [-0.3, -0.25) is 19.2 Å². The third-order valence-electron chi connectivity index (χ3n) is 9.66. The molecule has 0 spiro atoms. The molecule has 0 amide bonds. The number of benzene rings is 3. The molecule has 12 nitrogen and oxygen atoms in total. The highest BCUT2D eigenvalue weighted by Gasteiger charge is 2.19. The molecule has 0 bridgehead atoms. The Kier molecular flexibility index (Phi) is 22.1. The van der Waals surface area contributed by atoms with Crippen LogP contribution in [0, 0.1) is 11.3 Å². The average Bonchev–Trinajstić information content (AvgIpc) is 3.25. The first-order chi connectivity index (χ1) is 32.3. The van der Waals surface area contributed by atoms with E-state index in [1.807, 2.05) is 59.7 Å². The van der Waals surface area contributed by atoms with Gasteiger partial charge in [0, 0.05) is 43.2 Å². The van der Waals surface area contributed by atoms with Crippen molar-refractivity contribution in [2.45, 2.75) is 107 Å². The maximum Gasteiger partial charge on any atom is 0.307 e. The number of carboxylic acid groups (broad SMARTS) is 1. The second kappa shape index (κ2) is 26.3. The highest BCUT2D eigenvalue weighted by molar-refractivity contribution is 9.08. The molecule has 0 unspecified atom stereocenters. The fraction of sp³-hybridized carbons (Fsp3) is 0.319. The Morgan fingerprint density at radius 2 is 0.841 bits per heavy atom. The Hall–Kier alpha value is -3.47. The lowest BCUT2D eigenvalue weighted by molar-refractivity contribution is -0.136. The number of alkyl halides is 1. The zero-order valence-electron chi connectivity index (χ0n) is 38.6. The number of aromatic nitrogens is 6. The number of aryl methyl sites for hydroxylation is 3. The van der Waals surface area contributed by atoms with Gasteiger partial charge in [-0.1, -0.05) is 162 Å². The minimum absolute atomic E-state index is 0.0648. The van der Waals surface area contributed by atoms with Gasteiger partial charge in [-0.2, -0.15) is 20.6 Å². The van der Waals surface area contributed by atoms with Crippen LogP contribution in [0.5, 0.6) is 0 Å². The van der Waals surface area contributed by atoms with E-state index in [2.05, 4.69) is 37.3 Å². The van der Waals surface area contributed by atoms with E-state index in [1.165, 1.54) is 49.3 Å². The number of rotatable bonds is 13. The molecule has 6 aromatic rings. The molecule has 1 N–H and O–H groups in total. The van der Waals surface area contributed by atoms with Crippen molar-refractivity contribution in [3.05, 3.63) is 149 Å². The quantitative estimate of drug-likeness (QED) is 0.109. The van der Waals surface area contributed by atoms with Crippen LogP contribution in [0.4, 0.5) is 0 Å². The van der Waals surface area contributed by atoms with Crippen LogP contribution in [0.15, 0.2) is 98.7 Å². The molecule has 0 saturated heterocycles. The number of aliphatic carboxylic acids is 1. The summed E-state index contributed by atoms with van der Waals surface area (Å²) in [6, 6.07) is 17.7. The van der Waals surface area contributed by atoms with Crippen LogP contribution >= 0.6 is 121 Å². The summed E-state index contributed by atoms with van der Waals surface area (Å²) in [7, 11) is 4.87. The Morgan fingerprint density at radius 1 is 0.565 bits per heavy atom. The molecule has 366 valence electrons. The maximum absolute atomic E-state index is 12.1. The van der Waals surface area contributed by atoms with Gasteiger partial charge in [0.15, 0.2) is 0 Å². The van der Waals surface area contributed by atoms with E-state index in [0.29, 0.717) is 77.0 Å². The van der Waals surface area contributed by atoms with Gasteiger partial charge in [0.05, 0.1) is 63.7 Å². The molecule has 6 rings (SSSR count). The van der Waals surface area contributed by atoms with Crippen LogP contribution in [-0.4, -0.2) is 40.4 Å². The number of hydrogen-bond donors (Lipinski definition) is 1. The molecule has 3 aromatic carbocycles. The highest BCUT2D eigenvalue weighted by Crippen LogP contribution is 2.42. The van der Waals surface area contributed by atoms with Crippen molar-refractivity contribution in [1.29, 1.82) is 5.26 Å². The van der Waals surface area contributed by atoms with Crippen molar-refractivity contribution in [3.8, 4) is 6.07 Å². The van der Waals surface area contributed by atoms with Gasteiger partial charge < -0.3 is 5.11 Å². The fourth-order valence-corrected chi connectivity index (χ4v) is 11.4. The minimum atomic E-state index is -0.955. The molecule has 0 radical (unpaired) electrons. The van der Waals surface area contributed by atoms with E-state index in [0.717, 1.165) is 21.6 Å². The summed E-state index contributed by atoms with van der Waals surface area (Å²) in [5, 5.41) is 35.8. The largest absolute Gasteiger partial charge is 0.481 e. The van der Waals surface area contributed by atoms with Crippen LogP contribution in [0.3, 0.4) is 0 Å². The van der Waals surface area contributed by atoms with Gasteiger partial charge >= 0.3 is 5.97 Å². The van der Waals surface area contributed by atoms with Crippen LogP contribution in [0.2, 0.25) is 30.1 Å².